The number of hydrogen-bond acceptors (Lipinski definition) is 3. The number of aromatic nitrogens is 1. The van der Waals surface area contributed by atoms with Gasteiger partial charge in [0.05, 0.1) is 7.11 Å². The van der Waals surface area contributed by atoms with Gasteiger partial charge in [0.25, 0.3) is 0 Å². The van der Waals surface area contributed by atoms with Gasteiger partial charge in [-0.1, -0.05) is 12.1 Å². The minimum Gasteiger partial charge on any atom is -0.496 e. The van der Waals surface area contributed by atoms with Crippen LogP contribution < -0.4 is 15.4 Å². The van der Waals surface area contributed by atoms with E-state index in [0.717, 1.165) is 28.6 Å². The number of aromatic amines is 1. The second-order valence-corrected chi connectivity index (χ2v) is 6.00. The van der Waals surface area contributed by atoms with Crippen molar-refractivity contribution >= 4 is 22.8 Å². The standard InChI is InChI=1S/C19H27N5O2/c1-5-10-20-19(23-13-17(25)24(2)3)21-11-9-14-12-22-15-7-6-8-16(26-4)18(14)15/h5-8,12,22H,1,9-11,13H2,2-4H3,(H2,20,21,23). The Labute approximate surface area is 154 Å². The van der Waals surface area contributed by atoms with E-state index in [-0.39, 0.29) is 12.5 Å². The highest BCUT2D eigenvalue weighted by Crippen LogP contribution is 2.28. The summed E-state index contributed by atoms with van der Waals surface area (Å²) in [5.74, 6) is 1.40. The monoisotopic (exact) mass is 357 g/mol. The highest BCUT2D eigenvalue weighted by Gasteiger charge is 2.09. The van der Waals surface area contributed by atoms with E-state index in [1.807, 2.05) is 24.4 Å². The minimum absolute atomic E-state index is 0.0499. The first-order chi connectivity index (χ1) is 12.6. The zero-order valence-corrected chi connectivity index (χ0v) is 15.6. The Balaban J connectivity index is 2.01. The van der Waals surface area contributed by atoms with Crippen LogP contribution in [0.3, 0.4) is 0 Å². The molecule has 0 aliphatic rings. The van der Waals surface area contributed by atoms with Gasteiger partial charge >= 0.3 is 0 Å². The van der Waals surface area contributed by atoms with E-state index >= 15 is 0 Å². The molecule has 2 rings (SSSR count). The number of carbonyl (C=O) groups is 1. The topological polar surface area (TPSA) is 81.8 Å². The van der Waals surface area contributed by atoms with E-state index in [1.165, 1.54) is 4.90 Å². The number of likely N-dealkylation sites (N-methyl/N-ethyl adjacent to an activating group) is 1. The molecule has 2 aromatic rings. The molecule has 0 radical (unpaired) electrons. The molecule has 1 aromatic carbocycles. The number of ether oxygens (including phenoxy) is 1. The maximum Gasteiger partial charge on any atom is 0.243 e. The number of benzene rings is 1. The second kappa shape index (κ2) is 9.50. The van der Waals surface area contributed by atoms with Gasteiger partial charge in [-0.3, -0.25) is 4.79 Å². The molecule has 0 unspecified atom stereocenters. The lowest BCUT2D eigenvalue weighted by Gasteiger charge is -2.13. The van der Waals surface area contributed by atoms with E-state index in [4.69, 9.17) is 4.74 Å². The first-order valence-electron chi connectivity index (χ1n) is 8.53. The lowest BCUT2D eigenvalue weighted by atomic mass is 10.1. The molecular formula is C19H27N5O2. The van der Waals surface area contributed by atoms with Crippen molar-refractivity contribution in [3.05, 3.63) is 42.6 Å². The summed E-state index contributed by atoms with van der Waals surface area (Å²) in [6.45, 7) is 5.03. The summed E-state index contributed by atoms with van der Waals surface area (Å²) in [6.07, 6.45) is 4.53. The summed E-state index contributed by atoms with van der Waals surface area (Å²) < 4.78 is 5.46. The van der Waals surface area contributed by atoms with Crippen molar-refractivity contribution in [2.75, 3.05) is 40.8 Å². The quantitative estimate of drug-likeness (QED) is 0.380. The van der Waals surface area contributed by atoms with Crippen molar-refractivity contribution in [1.82, 2.24) is 20.5 Å². The molecule has 140 valence electrons. The van der Waals surface area contributed by atoms with Crippen molar-refractivity contribution < 1.29 is 9.53 Å². The van der Waals surface area contributed by atoms with Gasteiger partial charge in [-0.2, -0.15) is 0 Å². The first-order valence-corrected chi connectivity index (χ1v) is 8.53. The van der Waals surface area contributed by atoms with Crippen molar-refractivity contribution in [2.24, 2.45) is 4.99 Å². The number of aliphatic imine (C=N–C) groups is 1. The van der Waals surface area contributed by atoms with Crippen molar-refractivity contribution in [3.63, 3.8) is 0 Å². The van der Waals surface area contributed by atoms with Gasteiger partial charge in [-0.15, -0.1) is 6.58 Å². The van der Waals surface area contributed by atoms with Crippen LogP contribution in [0.5, 0.6) is 5.75 Å². The molecule has 1 aromatic heterocycles. The fourth-order valence-electron chi connectivity index (χ4n) is 2.53. The van der Waals surface area contributed by atoms with Gasteiger partial charge in [0.1, 0.15) is 12.3 Å². The summed E-state index contributed by atoms with van der Waals surface area (Å²) in [5.41, 5.74) is 2.21. The summed E-state index contributed by atoms with van der Waals surface area (Å²) in [6, 6.07) is 5.95. The number of nitrogens with zero attached hydrogens (tertiary/aromatic N) is 2. The Kier molecular flexibility index (Phi) is 7.08. The number of carbonyl (C=O) groups excluding carboxylic acids is 1. The van der Waals surface area contributed by atoms with Crippen LogP contribution in [0, 0.1) is 0 Å². The molecule has 1 heterocycles. The fraction of sp³-hybridized carbons (Fsp3) is 0.368. The number of methoxy groups -OCH3 is 1. The molecule has 26 heavy (non-hydrogen) atoms. The summed E-state index contributed by atoms with van der Waals surface area (Å²) >= 11 is 0. The lowest BCUT2D eigenvalue weighted by Crippen LogP contribution is -2.39. The summed E-state index contributed by atoms with van der Waals surface area (Å²) in [5, 5.41) is 7.47. The smallest absolute Gasteiger partial charge is 0.243 e. The number of guanidine groups is 1. The molecule has 0 aliphatic carbocycles. The Hall–Kier alpha value is -2.96. The molecule has 0 bridgehead atoms. The highest BCUT2D eigenvalue weighted by atomic mass is 16.5. The molecule has 0 aliphatic heterocycles. The van der Waals surface area contributed by atoms with Crippen LogP contribution in [0.2, 0.25) is 0 Å². The third-order valence-corrected chi connectivity index (χ3v) is 3.94. The minimum atomic E-state index is -0.0499. The normalized spacial score (nSPS) is 11.3. The van der Waals surface area contributed by atoms with Crippen LogP contribution in [0.1, 0.15) is 5.56 Å². The average molecular weight is 357 g/mol. The van der Waals surface area contributed by atoms with E-state index in [0.29, 0.717) is 19.0 Å². The van der Waals surface area contributed by atoms with Gasteiger partial charge in [0, 0.05) is 44.3 Å². The summed E-state index contributed by atoms with van der Waals surface area (Å²) in [7, 11) is 5.11. The molecule has 1 amide bonds. The number of amides is 1. The molecule has 0 saturated carbocycles. The van der Waals surface area contributed by atoms with Gasteiger partial charge in [-0.25, -0.2) is 4.99 Å². The largest absolute Gasteiger partial charge is 0.496 e. The number of fused-ring (bicyclic) bond motifs is 1. The van der Waals surface area contributed by atoms with Crippen molar-refractivity contribution in [2.45, 2.75) is 6.42 Å². The average Bonchev–Trinajstić information content (AvgIpc) is 3.06. The zero-order valence-electron chi connectivity index (χ0n) is 15.6. The third kappa shape index (κ3) is 5.02. The van der Waals surface area contributed by atoms with Gasteiger partial charge in [0.15, 0.2) is 5.96 Å². The maximum atomic E-state index is 11.7. The highest BCUT2D eigenvalue weighted by molar-refractivity contribution is 5.89. The van der Waals surface area contributed by atoms with E-state index < -0.39 is 0 Å². The second-order valence-electron chi connectivity index (χ2n) is 6.00. The number of hydrogen-bond donors (Lipinski definition) is 3. The Morgan fingerprint density at radius 2 is 2.19 bits per heavy atom. The molecule has 7 nitrogen and oxygen atoms in total. The van der Waals surface area contributed by atoms with E-state index in [1.54, 1.807) is 27.3 Å². The van der Waals surface area contributed by atoms with Crippen LogP contribution in [-0.4, -0.2) is 62.6 Å². The molecule has 0 spiro atoms. The van der Waals surface area contributed by atoms with Crippen LogP contribution >= 0.6 is 0 Å². The number of H-pyrrole nitrogens is 1. The third-order valence-electron chi connectivity index (χ3n) is 3.94. The predicted octanol–water partition coefficient (Wildman–Crippen LogP) is 1.53. The van der Waals surface area contributed by atoms with Crippen molar-refractivity contribution in [1.29, 1.82) is 0 Å². The van der Waals surface area contributed by atoms with Crippen LogP contribution in [0.15, 0.2) is 42.0 Å². The predicted molar refractivity (Wildman–Crippen MR) is 106 cm³/mol. The fourth-order valence-corrected chi connectivity index (χ4v) is 2.53. The molecule has 7 heteroatoms. The van der Waals surface area contributed by atoms with E-state index in [9.17, 15) is 4.79 Å². The Bertz CT molecular complexity index is 779. The molecule has 0 atom stereocenters. The van der Waals surface area contributed by atoms with Crippen LogP contribution in [0.4, 0.5) is 0 Å². The maximum absolute atomic E-state index is 11.7. The molecule has 3 N–H and O–H groups in total. The summed E-state index contributed by atoms with van der Waals surface area (Å²) in [4.78, 5) is 20.8. The SMILES string of the molecule is C=CCNC(=NCC(=O)N(C)C)NCCc1c[nH]c2cccc(OC)c12. The first kappa shape index (κ1) is 19.4. The zero-order chi connectivity index (χ0) is 18.9. The van der Waals surface area contributed by atoms with Gasteiger partial charge in [0.2, 0.25) is 5.91 Å². The van der Waals surface area contributed by atoms with Gasteiger partial charge < -0.3 is 25.3 Å². The Morgan fingerprint density at radius 3 is 2.88 bits per heavy atom. The Morgan fingerprint density at radius 1 is 1.38 bits per heavy atom. The molecular weight excluding hydrogens is 330 g/mol. The van der Waals surface area contributed by atoms with Crippen molar-refractivity contribution in [3.8, 4) is 5.75 Å². The molecule has 0 fully saturated rings. The van der Waals surface area contributed by atoms with Gasteiger partial charge in [-0.05, 0) is 24.1 Å². The number of rotatable bonds is 8. The van der Waals surface area contributed by atoms with Crippen LogP contribution in [-0.2, 0) is 11.2 Å². The van der Waals surface area contributed by atoms with Crippen LogP contribution in [0.25, 0.3) is 10.9 Å². The lowest BCUT2D eigenvalue weighted by molar-refractivity contribution is -0.127. The molecule has 0 saturated heterocycles. The van der Waals surface area contributed by atoms with E-state index in [2.05, 4.69) is 27.2 Å². The number of nitrogens with one attached hydrogen (secondary N) is 3.